The zero-order valence-corrected chi connectivity index (χ0v) is 12.0. The van der Waals surface area contributed by atoms with Crippen molar-refractivity contribution in [1.29, 1.82) is 5.26 Å². The van der Waals surface area contributed by atoms with Crippen molar-refractivity contribution in [1.82, 2.24) is 9.97 Å². The van der Waals surface area contributed by atoms with Crippen molar-refractivity contribution in [3.63, 3.8) is 0 Å². The third kappa shape index (κ3) is 6.61. The summed E-state index contributed by atoms with van der Waals surface area (Å²) in [4.78, 5) is 8.64. The summed E-state index contributed by atoms with van der Waals surface area (Å²) >= 11 is 0. The van der Waals surface area contributed by atoms with Crippen LogP contribution in [0, 0.1) is 24.2 Å². The second kappa shape index (κ2) is 8.30. The van der Waals surface area contributed by atoms with E-state index in [1.807, 2.05) is 13.0 Å². The lowest BCUT2D eigenvalue weighted by molar-refractivity contribution is 0.566. The quantitative estimate of drug-likeness (QED) is 0.704. The maximum absolute atomic E-state index is 8.51. The van der Waals surface area contributed by atoms with Crippen LogP contribution in [0.25, 0.3) is 0 Å². The minimum absolute atomic E-state index is 0.472. The summed E-state index contributed by atoms with van der Waals surface area (Å²) in [5.41, 5.74) is 0. The highest BCUT2D eigenvalue weighted by molar-refractivity contribution is 5.47. The third-order valence-electron chi connectivity index (χ3n) is 2.65. The summed E-state index contributed by atoms with van der Waals surface area (Å²) < 4.78 is 0. The molecule has 0 radical (unpaired) electrons. The van der Waals surface area contributed by atoms with Gasteiger partial charge in [-0.1, -0.05) is 13.8 Å². The Balaban J connectivity index is 2.46. The molecule has 0 bridgehead atoms. The molecule has 1 aromatic rings. The first kappa shape index (κ1) is 15.2. The predicted octanol–water partition coefficient (Wildman–Crippen LogP) is 2.96. The smallest absolute Gasteiger partial charge is 0.131 e. The van der Waals surface area contributed by atoms with Crippen molar-refractivity contribution in [2.45, 2.75) is 40.0 Å². The number of aryl methyl sites for hydroxylation is 1. The molecule has 19 heavy (non-hydrogen) atoms. The molecule has 0 amide bonds. The number of rotatable bonds is 8. The summed E-state index contributed by atoms with van der Waals surface area (Å²) in [6, 6.07) is 3.99. The fourth-order valence-electron chi connectivity index (χ4n) is 1.72. The predicted molar refractivity (Wildman–Crippen MR) is 78.1 cm³/mol. The van der Waals surface area contributed by atoms with Gasteiger partial charge < -0.3 is 10.6 Å². The van der Waals surface area contributed by atoms with Gasteiger partial charge in [-0.3, -0.25) is 0 Å². The fraction of sp³-hybridized carbons (Fsp3) is 0.643. The first-order valence-corrected chi connectivity index (χ1v) is 6.82. The average molecular weight is 261 g/mol. The van der Waals surface area contributed by atoms with Gasteiger partial charge in [0.25, 0.3) is 0 Å². The van der Waals surface area contributed by atoms with E-state index < -0.39 is 0 Å². The second-order valence-electron chi connectivity index (χ2n) is 4.98. The van der Waals surface area contributed by atoms with E-state index in [1.165, 1.54) is 6.42 Å². The van der Waals surface area contributed by atoms with Gasteiger partial charge in [-0.2, -0.15) is 5.26 Å². The highest BCUT2D eigenvalue weighted by Gasteiger charge is 2.01. The number of anilines is 2. The van der Waals surface area contributed by atoms with E-state index in [-0.39, 0.29) is 0 Å². The van der Waals surface area contributed by atoms with E-state index in [9.17, 15) is 0 Å². The van der Waals surface area contributed by atoms with Crippen LogP contribution in [0.1, 0.15) is 38.9 Å². The largest absolute Gasteiger partial charge is 0.370 e. The normalized spacial score (nSPS) is 10.3. The minimum Gasteiger partial charge on any atom is -0.370 e. The molecule has 5 nitrogen and oxygen atoms in total. The Labute approximate surface area is 115 Å². The van der Waals surface area contributed by atoms with Crippen molar-refractivity contribution in [2.24, 2.45) is 5.92 Å². The van der Waals surface area contributed by atoms with Crippen molar-refractivity contribution >= 4 is 11.6 Å². The van der Waals surface area contributed by atoms with Crippen LogP contribution in [-0.2, 0) is 0 Å². The van der Waals surface area contributed by atoms with E-state index in [0.717, 1.165) is 36.3 Å². The first-order chi connectivity index (χ1) is 9.11. The van der Waals surface area contributed by atoms with Gasteiger partial charge in [-0.25, -0.2) is 9.97 Å². The molecule has 0 aliphatic rings. The molecule has 0 aliphatic carbocycles. The standard InChI is InChI=1S/C14H23N5/c1-11(2)6-4-8-16-13-10-14(17-9-5-7-15)19-12(3)18-13/h10-11H,4-6,8-9H2,1-3H3,(H2,16,17,18,19). The zero-order valence-electron chi connectivity index (χ0n) is 12.0. The average Bonchev–Trinajstić information content (AvgIpc) is 2.34. The van der Waals surface area contributed by atoms with E-state index >= 15 is 0 Å². The molecule has 1 rings (SSSR count). The lowest BCUT2D eigenvalue weighted by Gasteiger charge is -2.10. The number of hydrogen-bond donors (Lipinski definition) is 2. The van der Waals surface area contributed by atoms with Crippen LogP contribution in [0.5, 0.6) is 0 Å². The second-order valence-corrected chi connectivity index (χ2v) is 4.98. The molecule has 0 atom stereocenters. The van der Waals surface area contributed by atoms with Crippen LogP contribution < -0.4 is 10.6 Å². The molecule has 0 fully saturated rings. The van der Waals surface area contributed by atoms with Gasteiger partial charge in [-0.05, 0) is 25.7 Å². The maximum atomic E-state index is 8.51. The molecule has 0 unspecified atom stereocenters. The van der Waals surface area contributed by atoms with Crippen molar-refractivity contribution in [3.8, 4) is 6.07 Å². The van der Waals surface area contributed by atoms with Gasteiger partial charge in [0, 0.05) is 19.2 Å². The lowest BCUT2D eigenvalue weighted by atomic mass is 10.1. The van der Waals surface area contributed by atoms with Gasteiger partial charge >= 0.3 is 0 Å². The van der Waals surface area contributed by atoms with Crippen LogP contribution in [0.3, 0.4) is 0 Å². The number of hydrogen-bond acceptors (Lipinski definition) is 5. The fourth-order valence-corrected chi connectivity index (χ4v) is 1.72. The molecular weight excluding hydrogens is 238 g/mol. The summed E-state index contributed by atoms with van der Waals surface area (Å²) in [5, 5.41) is 14.9. The first-order valence-electron chi connectivity index (χ1n) is 6.82. The van der Waals surface area contributed by atoms with Crippen LogP contribution in [0.15, 0.2) is 6.07 Å². The van der Waals surface area contributed by atoms with E-state index in [2.05, 4.69) is 40.5 Å². The molecule has 0 aliphatic heterocycles. The molecule has 5 heteroatoms. The molecular formula is C14H23N5. The van der Waals surface area contributed by atoms with Crippen LogP contribution in [0.4, 0.5) is 11.6 Å². The Bertz CT molecular complexity index is 422. The highest BCUT2D eigenvalue weighted by atomic mass is 15.1. The maximum Gasteiger partial charge on any atom is 0.131 e. The number of aromatic nitrogens is 2. The molecule has 1 heterocycles. The molecule has 0 aromatic carbocycles. The SMILES string of the molecule is Cc1nc(NCCC#N)cc(NCCCC(C)C)n1. The molecule has 0 saturated carbocycles. The van der Waals surface area contributed by atoms with Crippen LogP contribution in [-0.4, -0.2) is 23.1 Å². The Kier molecular flexibility index (Phi) is 6.65. The zero-order chi connectivity index (χ0) is 14.1. The van der Waals surface area contributed by atoms with Crippen molar-refractivity contribution in [2.75, 3.05) is 23.7 Å². The summed E-state index contributed by atoms with van der Waals surface area (Å²) in [7, 11) is 0. The Morgan fingerprint density at radius 3 is 2.42 bits per heavy atom. The number of nitriles is 1. The van der Waals surface area contributed by atoms with Gasteiger partial charge in [0.15, 0.2) is 0 Å². The summed E-state index contributed by atoms with van der Waals surface area (Å²) in [6.45, 7) is 7.86. The Morgan fingerprint density at radius 2 is 1.84 bits per heavy atom. The van der Waals surface area contributed by atoms with Crippen LogP contribution in [0.2, 0.25) is 0 Å². The van der Waals surface area contributed by atoms with Crippen molar-refractivity contribution in [3.05, 3.63) is 11.9 Å². The molecule has 104 valence electrons. The van der Waals surface area contributed by atoms with E-state index in [0.29, 0.717) is 13.0 Å². The highest BCUT2D eigenvalue weighted by Crippen LogP contribution is 2.12. The molecule has 0 spiro atoms. The third-order valence-corrected chi connectivity index (χ3v) is 2.65. The van der Waals surface area contributed by atoms with Crippen molar-refractivity contribution < 1.29 is 0 Å². The lowest BCUT2D eigenvalue weighted by Crippen LogP contribution is -2.09. The van der Waals surface area contributed by atoms with E-state index in [4.69, 9.17) is 5.26 Å². The Morgan fingerprint density at radius 1 is 1.21 bits per heavy atom. The van der Waals surface area contributed by atoms with Gasteiger partial charge in [0.1, 0.15) is 17.5 Å². The monoisotopic (exact) mass is 261 g/mol. The molecule has 1 aromatic heterocycles. The summed E-state index contributed by atoms with van der Waals surface area (Å²) in [5.74, 6) is 3.08. The van der Waals surface area contributed by atoms with Gasteiger partial charge in [0.2, 0.25) is 0 Å². The van der Waals surface area contributed by atoms with Crippen LogP contribution >= 0.6 is 0 Å². The van der Waals surface area contributed by atoms with Gasteiger partial charge in [0.05, 0.1) is 12.5 Å². The topological polar surface area (TPSA) is 73.6 Å². The Hall–Kier alpha value is -1.83. The molecule has 2 N–H and O–H groups in total. The molecule has 0 saturated heterocycles. The number of nitrogens with one attached hydrogen (secondary N) is 2. The van der Waals surface area contributed by atoms with E-state index in [1.54, 1.807) is 0 Å². The minimum atomic E-state index is 0.472. The van der Waals surface area contributed by atoms with Gasteiger partial charge in [-0.15, -0.1) is 0 Å². The summed E-state index contributed by atoms with van der Waals surface area (Å²) in [6.07, 6.45) is 2.82. The number of nitrogens with zero attached hydrogens (tertiary/aromatic N) is 3.